The van der Waals surface area contributed by atoms with Gasteiger partial charge in [0.1, 0.15) is 5.75 Å². The van der Waals surface area contributed by atoms with Crippen molar-refractivity contribution in [1.29, 1.82) is 0 Å². The standard InChI is InChI=1S/C73H86O/c1-4-7-10-13-16-17-18-19-22-31-50-74-63-42-36-56(37-43-63)51-68-69-52-59(57-32-25-23-26-33-57)38-44-64(69)65-45-39-60(53-70(65)68)62-41-47-67-66-46-40-61(58-34-27-24-28-35-58)54-71(66)73(72(67)55-62,48-29-20-14-11-8-5-2)49-30-21-15-12-9-6-3/h23-28,32-47,51-55H,4-22,29-31,48-50H2,1-3H3. The molecule has 74 heavy (non-hydrogen) atoms. The average Bonchev–Trinajstić information content (AvgIpc) is 3.90. The number of rotatable bonds is 30. The summed E-state index contributed by atoms with van der Waals surface area (Å²) in [4.78, 5) is 0. The molecule has 1 nitrogen and oxygen atoms in total. The lowest BCUT2D eigenvalue weighted by Gasteiger charge is -2.33. The molecule has 0 aromatic heterocycles. The van der Waals surface area contributed by atoms with Gasteiger partial charge in [-0.2, -0.15) is 0 Å². The summed E-state index contributed by atoms with van der Waals surface area (Å²) in [6.07, 6.45) is 33.9. The van der Waals surface area contributed by atoms with Crippen LogP contribution in [0.2, 0.25) is 0 Å². The molecule has 2 aliphatic carbocycles. The zero-order valence-electron chi connectivity index (χ0n) is 45.7. The summed E-state index contributed by atoms with van der Waals surface area (Å²) in [5, 5.41) is 0. The maximum absolute atomic E-state index is 6.30. The third-order valence-electron chi connectivity index (χ3n) is 16.7. The fraction of sp³-hybridized carbons (Fsp3) is 0.397. The van der Waals surface area contributed by atoms with Gasteiger partial charge in [0.15, 0.2) is 0 Å². The normalized spacial score (nSPS) is 13.5. The summed E-state index contributed by atoms with van der Waals surface area (Å²) in [5.41, 5.74) is 21.5. The number of fused-ring (bicyclic) bond motifs is 6. The van der Waals surface area contributed by atoms with Crippen LogP contribution in [0.15, 0.2) is 158 Å². The smallest absolute Gasteiger partial charge is 0.119 e. The van der Waals surface area contributed by atoms with Crippen molar-refractivity contribution in [2.75, 3.05) is 6.61 Å². The van der Waals surface area contributed by atoms with Crippen LogP contribution in [0.5, 0.6) is 5.75 Å². The van der Waals surface area contributed by atoms with Crippen molar-refractivity contribution in [2.45, 2.75) is 180 Å². The van der Waals surface area contributed by atoms with E-state index in [4.69, 9.17) is 4.74 Å². The topological polar surface area (TPSA) is 9.23 Å². The fourth-order valence-electron chi connectivity index (χ4n) is 12.5. The molecule has 0 saturated carbocycles. The first-order valence-corrected chi connectivity index (χ1v) is 29.7. The molecular formula is C73H86O. The summed E-state index contributed by atoms with van der Waals surface area (Å²) < 4.78 is 6.30. The third kappa shape index (κ3) is 12.9. The van der Waals surface area contributed by atoms with Gasteiger partial charge in [0.2, 0.25) is 0 Å². The van der Waals surface area contributed by atoms with Crippen LogP contribution in [0.4, 0.5) is 0 Å². The van der Waals surface area contributed by atoms with E-state index in [1.165, 1.54) is 226 Å². The minimum atomic E-state index is -0.0179. The SMILES string of the molecule is CCCCCCCCCCCCOc1ccc(C=C2c3cc(-c4ccccc4)ccc3-c3ccc(-c4ccc5c(c4)C(CCCCCCCC)(CCCCCCCC)c4cc(-c6ccccc6)ccc4-5)cc32)cc1. The third-order valence-corrected chi connectivity index (χ3v) is 16.7. The van der Waals surface area contributed by atoms with E-state index in [2.05, 4.69) is 185 Å². The average molecular weight is 979 g/mol. The highest BCUT2D eigenvalue weighted by Crippen LogP contribution is 2.56. The molecule has 7 aromatic carbocycles. The summed E-state index contributed by atoms with van der Waals surface area (Å²) >= 11 is 0. The predicted octanol–water partition coefficient (Wildman–Crippen LogP) is 22.3. The highest BCUT2D eigenvalue weighted by atomic mass is 16.5. The van der Waals surface area contributed by atoms with E-state index in [0.29, 0.717) is 0 Å². The van der Waals surface area contributed by atoms with Crippen molar-refractivity contribution < 1.29 is 4.74 Å². The van der Waals surface area contributed by atoms with Gasteiger partial charge in [0.25, 0.3) is 0 Å². The Morgan fingerprint density at radius 1 is 0.324 bits per heavy atom. The molecule has 0 spiro atoms. The Hall–Kier alpha value is -5.92. The van der Waals surface area contributed by atoms with Gasteiger partial charge in [-0.15, -0.1) is 0 Å². The van der Waals surface area contributed by atoms with Crippen LogP contribution < -0.4 is 4.74 Å². The molecule has 384 valence electrons. The van der Waals surface area contributed by atoms with Crippen molar-refractivity contribution in [3.05, 3.63) is 186 Å². The molecule has 2 aliphatic rings. The van der Waals surface area contributed by atoms with Crippen molar-refractivity contribution in [2.24, 2.45) is 0 Å². The Labute approximate surface area is 447 Å². The van der Waals surface area contributed by atoms with Gasteiger partial charge >= 0.3 is 0 Å². The molecule has 0 heterocycles. The van der Waals surface area contributed by atoms with E-state index < -0.39 is 0 Å². The maximum Gasteiger partial charge on any atom is 0.119 e. The van der Waals surface area contributed by atoms with E-state index in [1.54, 1.807) is 11.1 Å². The Bertz CT molecular complexity index is 2850. The molecule has 0 aliphatic heterocycles. The molecule has 0 N–H and O–H groups in total. The Balaban J connectivity index is 1.03. The van der Waals surface area contributed by atoms with E-state index in [1.807, 2.05) is 0 Å². The highest BCUT2D eigenvalue weighted by molar-refractivity contribution is 6.08. The number of ether oxygens (including phenoxy) is 1. The van der Waals surface area contributed by atoms with Gasteiger partial charge in [-0.05, 0) is 151 Å². The van der Waals surface area contributed by atoms with Crippen molar-refractivity contribution in [3.63, 3.8) is 0 Å². The molecule has 0 radical (unpaired) electrons. The van der Waals surface area contributed by atoms with Crippen molar-refractivity contribution >= 4 is 11.6 Å². The molecule has 0 saturated heterocycles. The zero-order valence-corrected chi connectivity index (χ0v) is 45.7. The van der Waals surface area contributed by atoms with E-state index in [9.17, 15) is 0 Å². The van der Waals surface area contributed by atoms with Crippen LogP contribution in [-0.4, -0.2) is 6.61 Å². The number of unbranched alkanes of at least 4 members (excludes halogenated alkanes) is 19. The molecule has 0 amide bonds. The quantitative estimate of drug-likeness (QED) is 0.0408. The van der Waals surface area contributed by atoms with Crippen molar-refractivity contribution in [3.8, 4) is 61.4 Å². The Morgan fingerprint density at radius 2 is 0.703 bits per heavy atom. The summed E-state index contributed by atoms with van der Waals surface area (Å²) in [6, 6.07) is 60.2. The zero-order chi connectivity index (χ0) is 50.8. The first-order chi connectivity index (χ1) is 36.6. The van der Waals surface area contributed by atoms with Crippen LogP contribution in [0.1, 0.15) is 203 Å². The summed E-state index contributed by atoms with van der Waals surface area (Å²) in [6.45, 7) is 7.74. The second kappa shape index (κ2) is 27.0. The van der Waals surface area contributed by atoms with Gasteiger partial charge < -0.3 is 4.74 Å². The lowest BCUT2D eigenvalue weighted by Crippen LogP contribution is -2.25. The summed E-state index contributed by atoms with van der Waals surface area (Å²) in [7, 11) is 0. The van der Waals surface area contributed by atoms with Gasteiger partial charge in [0, 0.05) is 5.41 Å². The van der Waals surface area contributed by atoms with Crippen LogP contribution in [-0.2, 0) is 5.41 Å². The van der Waals surface area contributed by atoms with E-state index >= 15 is 0 Å². The van der Waals surface area contributed by atoms with Gasteiger partial charge in [-0.3, -0.25) is 0 Å². The first-order valence-electron chi connectivity index (χ1n) is 29.7. The number of hydrogen-bond acceptors (Lipinski definition) is 1. The lowest BCUT2D eigenvalue weighted by atomic mass is 9.70. The molecule has 0 bridgehead atoms. The predicted molar refractivity (Wildman–Crippen MR) is 321 cm³/mol. The number of hydrogen-bond donors (Lipinski definition) is 0. The van der Waals surface area contributed by atoms with Crippen LogP contribution in [0.25, 0.3) is 67.3 Å². The van der Waals surface area contributed by atoms with Crippen LogP contribution >= 0.6 is 0 Å². The van der Waals surface area contributed by atoms with E-state index in [0.717, 1.165) is 18.8 Å². The minimum Gasteiger partial charge on any atom is -0.494 e. The lowest BCUT2D eigenvalue weighted by molar-refractivity contribution is 0.304. The van der Waals surface area contributed by atoms with E-state index in [-0.39, 0.29) is 5.41 Å². The number of benzene rings is 7. The van der Waals surface area contributed by atoms with Crippen LogP contribution in [0.3, 0.4) is 0 Å². The van der Waals surface area contributed by atoms with Gasteiger partial charge in [-0.25, -0.2) is 0 Å². The molecular weight excluding hydrogens is 893 g/mol. The molecule has 0 unspecified atom stereocenters. The first kappa shape index (κ1) is 52.9. The molecule has 7 aromatic rings. The fourth-order valence-corrected chi connectivity index (χ4v) is 12.5. The molecule has 0 fully saturated rings. The van der Waals surface area contributed by atoms with Crippen molar-refractivity contribution in [1.82, 2.24) is 0 Å². The largest absolute Gasteiger partial charge is 0.494 e. The molecule has 1 heteroatoms. The van der Waals surface area contributed by atoms with Crippen LogP contribution in [0, 0.1) is 0 Å². The van der Waals surface area contributed by atoms with Gasteiger partial charge in [0.05, 0.1) is 6.61 Å². The molecule has 9 rings (SSSR count). The van der Waals surface area contributed by atoms with Gasteiger partial charge in [-0.1, -0.05) is 277 Å². The minimum absolute atomic E-state index is 0.0179. The maximum atomic E-state index is 6.30. The molecule has 0 atom stereocenters. The highest BCUT2D eigenvalue weighted by Gasteiger charge is 2.43. The Kier molecular flexibility index (Phi) is 19.3. The second-order valence-corrected chi connectivity index (χ2v) is 22.0. The monoisotopic (exact) mass is 979 g/mol. The second-order valence-electron chi connectivity index (χ2n) is 22.0. The Morgan fingerprint density at radius 3 is 1.16 bits per heavy atom. The summed E-state index contributed by atoms with van der Waals surface area (Å²) in [5.74, 6) is 0.961.